The molecule has 21 heavy (non-hydrogen) atoms. The third-order valence-electron chi connectivity index (χ3n) is 3.16. The topological polar surface area (TPSA) is 75.7 Å². The molecule has 1 saturated heterocycles. The number of pyridine rings is 1. The van der Waals surface area contributed by atoms with Crippen LogP contribution in [0.2, 0.25) is 0 Å². The van der Waals surface area contributed by atoms with E-state index in [1.807, 2.05) is 12.1 Å². The molecule has 2 amide bonds. The van der Waals surface area contributed by atoms with Gasteiger partial charge in [0.05, 0.1) is 25.0 Å². The van der Waals surface area contributed by atoms with E-state index < -0.39 is 0 Å². The summed E-state index contributed by atoms with van der Waals surface area (Å²) in [6.45, 7) is 4.71. The van der Waals surface area contributed by atoms with Gasteiger partial charge in [0, 0.05) is 33.3 Å². The Bertz CT molecular complexity index is 438. The Morgan fingerprint density at radius 3 is 3.00 bits per heavy atom. The molecule has 7 heteroatoms. The molecule has 0 aromatic carbocycles. The number of aromatic nitrogens is 1. The molecule has 1 aromatic rings. The van der Waals surface area contributed by atoms with Crippen molar-refractivity contribution in [2.75, 3.05) is 46.5 Å². The minimum absolute atomic E-state index is 0.0193. The van der Waals surface area contributed by atoms with Gasteiger partial charge in [0.1, 0.15) is 12.4 Å². The molecule has 0 unspecified atom stereocenters. The summed E-state index contributed by atoms with van der Waals surface area (Å²) in [6.07, 6.45) is 1.71. The summed E-state index contributed by atoms with van der Waals surface area (Å²) in [7, 11) is 1.68. The number of nitrogens with zero attached hydrogens (tertiary/aromatic N) is 2. The highest BCUT2D eigenvalue weighted by molar-refractivity contribution is 5.76. The zero-order chi connectivity index (χ0) is 14.9. The lowest BCUT2D eigenvalue weighted by molar-refractivity contribution is 0.199. The van der Waals surface area contributed by atoms with Crippen LogP contribution in [0.3, 0.4) is 0 Å². The number of carbonyl (C=O) groups excluding carboxylic acids is 1. The molecular weight excluding hydrogens is 272 g/mol. The van der Waals surface area contributed by atoms with Crippen molar-refractivity contribution in [1.29, 1.82) is 0 Å². The molecule has 0 saturated carbocycles. The van der Waals surface area contributed by atoms with Crippen LogP contribution in [-0.2, 0) is 11.3 Å². The van der Waals surface area contributed by atoms with Crippen LogP contribution in [0, 0.1) is 0 Å². The molecule has 7 nitrogen and oxygen atoms in total. The van der Waals surface area contributed by atoms with Gasteiger partial charge in [-0.05, 0) is 12.1 Å². The highest BCUT2D eigenvalue weighted by Crippen LogP contribution is 2.09. The standard InChI is InChI=1S/C14H22N4O3/c1-20-8-5-15-10-12-2-3-13(11-17-12)21-9-7-18-6-4-16-14(18)19/h2-3,11,15H,4-10H2,1H3,(H,16,19). The Balaban J connectivity index is 1.66. The first-order valence-electron chi connectivity index (χ1n) is 7.10. The van der Waals surface area contributed by atoms with Crippen LogP contribution in [0.1, 0.15) is 5.69 Å². The monoisotopic (exact) mass is 294 g/mol. The fraction of sp³-hybridized carbons (Fsp3) is 0.571. The largest absolute Gasteiger partial charge is 0.490 e. The molecule has 1 aromatic heterocycles. The Hall–Kier alpha value is -1.86. The van der Waals surface area contributed by atoms with E-state index in [9.17, 15) is 4.79 Å². The van der Waals surface area contributed by atoms with Gasteiger partial charge in [-0.1, -0.05) is 0 Å². The highest BCUT2D eigenvalue weighted by Gasteiger charge is 2.18. The maximum atomic E-state index is 11.3. The second-order valence-electron chi connectivity index (χ2n) is 4.72. The number of rotatable bonds is 9. The van der Waals surface area contributed by atoms with Crippen LogP contribution in [-0.4, -0.2) is 62.4 Å². The molecule has 0 radical (unpaired) electrons. The van der Waals surface area contributed by atoms with Crippen LogP contribution in [0.15, 0.2) is 18.3 Å². The second-order valence-corrected chi connectivity index (χ2v) is 4.72. The van der Waals surface area contributed by atoms with Gasteiger partial charge in [0.25, 0.3) is 0 Å². The lowest BCUT2D eigenvalue weighted by Gasteiger charge is -2.14. The van der Waals surface area contributed by atoms with Gasteiger partial charge in [-0.3, -0.25) is 4.98 Å². The molecule has 116 valence electrons. The molecule has 2 heterocycles. The van der Waals surface area contributed by atoms with E-state index in [0.717, 1.165) is 24.5 Å². The van der Waals surface area contributed by atoms with Crippen molar-refractivity contribution in [3.8, 4) is 5.75 Å². The van der Waals surface area contributed by atoms with E-state index in [4.69, 9.17) is 9.47 Å². The van der Waals surface area contributed by atoms with Crippen molar-refractivity contribution in [1.82, 2.24) is 20.5 Å². The summed E-state index contributed by atoms with van der Waals surface area (Å²) in [5.74, 6) is 0.718. The molecule has 2 N–H and O–H groups in total. The molecule has 0 spiro atoms. The van der Waals surface area contributed by atoms with Crippen LogP contribution < -0.4 is 15.4 Å². The zero-order valence-corrected chi connectivity index (χ0v) is 12.3. The number of nitrogens with one attached hydrogen (secondary N) is 2. The molecular formula is C14H22N4O3. The number of urea groups is 1. The van der Waals surface area contributed by atoms with Gasteiger partial charge in [-0.25, -0.2) is 4.79 Å². The van der Waals surface area contributed by atoms with E-state index in [1.165, 1.54) is 0 Å². The van der Waals surface area contributed by atoms with Crippen molar-refractivity contribution in [3.63, 3.8) is 0 Å². The fourth-order valence-corrected chi connectivity index (χ4v) is 1.99. The maximum Gasteiger partial charge on any atom is 0.317 e. The number of carbonyl (C=O) groups is 1. The van der Waals surface area contributed by atoms with E-state index >= 15 is 0 Å². The van der Waals surface area contributed by atoms with Gasteiger partial charge in [0.15, 0.2) is 0 Å². The molecule has 1 fully saturated rings. The second kappa shape index (κ2) is 8.43. The number of ether oxygens (including phenoxy) is 2. The van der Waals surface area contributed by atoms with Gasteiger partial charge in [-0.15, -0.1) is 0 Å². The summed E-state index contributed by atoms with van der Waals surface area (Å²) in [6, 6.07) is 3.80. The zero-order valence-electron chi connectivity index (χ0n) is 12.3. The minimum atomic E-state index is -0.0193. The van der Waals surface area contributed by atoms with E-state index in [-0.39, 0.29) is 6.03 Å². The maximum absolute atomic E-state index is 11.3. The normalized spacial score (nSPS) is 14.3. The Labute approximate surface area is 124 Å². The van der Waals surface area contributed by atoms with Crippen molar-refractivity contribution in [2.24, 2.45) is 0 Å². The first-order valence-corrected chi connectivity index (χ1v) is 7.10. The smallest absolute Gasteiger partial charge is 0.317 e. The predicted octanol–water partition coefficient (Wildman–Crippen LogP) is 0.222. The summed E-state index contributed by atoms with van der Waals surface area (Å²) in [5, 5.41) is 5.99. The molecule has 0 aliphatic carbocycles. The average Bonchev–Trinajstić information content (AvgIpc) is 2.91. The highest BCUT2D eigenvalue weighted by atomic mass is 16.5. The van der Waals surface area contributed by atoms with Crippen LogP contribution in [0.5, 0.6) is 5.75 Å². The molecule has 0 bridgehead atoms. The van der Waals surface area contributed by atoms with Crippen LogP contribution >= 0.6 is 0 Å². The number of amides is 2. The fourth-order valence-electron chi connectivity index (χ4n) is 1.99. The number of methoxy groups -OCH3 is 1. The third kappa shape index (κ3) is 5.20. The lowest BCUT2D eigenvalue weighted by Crippen LogP contribution is -2.31. The summed E-state index contributed by atoms with van der Waals surface area (Å²) in [5.41, 5.74) is 0.956. The number of hydrogen-bond donors (Lipinski definition) is 2. The van der Waals surface area contributed by atoms with Gasteiger partial charge < -0.3 is 25.0 Å². The van der Waals surface area contributed by atoms with Crippen LogP contribution in [0.25, 0.3) is 0 Å². The quantitative estimate of drug-likeness (QED) is 0.637. The minimum Gasteiger partial charge on any atom is -0.490 e. The van der Waals surface area contributed by atoms with Crippen molar-refractivity contribution in [3.05, 3.63) is 24.0 Å². The lowest BCUT2D eigenvalue weighted by atomic mass is 10.3. The van der Waals surface area contributed by atoms with E-state index in [1.54, 1.807) is 18.2 Å². The Kier molecular flexibility index (Phi) is 6.23. The Morgan fingerprint density at radius 1 is 1.43 bits per heavy atom. The van der Waals surface area contributed by atoms with Gasteiger partial charge in [-0.2, -0.15) is 0 Å². The van der Waals surface area contributed by atoms with Gasteiger partial charge >= 0.3 is 6.03 Å². The number of hydrogen-bond acceptors (Lipinski definition) is 5. The molecule has 1 aliphatic heterocycles. The first-order chi connectivity index (χ1) is 10.3. The third-order valence-corrected chi connectivity index (χ3v) is 3.16. The molecule has 2 rings (SSSR count). The summed E-state index contributed by atoms with van der Waals surface area (Å²) < 4.78 is 10.5. The van der Waals surface area contributed by atoms with Crippen molar-refractivity contribution < 1.29 is 14.3 Å². The summed E-state index contributed by atoms with van der Waals surface area (Å²) in [4.78, 5) is 17.4. The van der Waals surface area contributed by atoms with Crippen LogP contribution in [0.4, 0.5) is 4.79 Å². The van der Waals surface area contributed by atoms with E-state index in [2.05, 4.69) is 15.6 Å². The average molecular weight is 294 g/mol. The SMILES string of the molecule is COCCNCc1ccc(OCCN2CCNC2=O)cn1. The van der Waals surface area contributed by atoms with Gasteiger partial charge in [0.2, 0.25) is 0 Å². The van der Waals surface area contributed by atoms with Crippen molar-refractivity contribution in [2.45, 2.75) is 6.54 Å². The van der Waals surface area contributed by atoms with E-state index in [0.29, 0.717) is 32.8 Å². The molecule has 1 aliphatic rings. The predicted molar refractivity (Wildman–Crippen MR) is 78.3 cm³/mol. The molecule has 0 atom stereocenters. The Morgan fingerprint density at radius 2 is 2.33 bits per heavy atom. The summed E-state index contributed by atoms with van der Waals surface area (Å²) >= 11 is 0. The van der Waals surface area contributed by atoms with Crippen molar-refractivity contribution >= 4 is 6.03 Å². The first kappa shape index (κ1) is 15.5.